The van der Waals surface area contributed by atoms with E-state index in [1.54, 1.807) is 24.3 Å². The third-order valence-electron chi connectivity index (χ3n) is 2.08. The van der Waals surface area contributed by atoms with Gasteiger partial charge in [0.15, 0.2) is 0 Å². The second-order valence-corrected chi connectivity index (χ2v) is 3.06. The zero-order chi connectivity index (χ0) is 12.1. The highest BCUT2D eigenvalue weighted by Gasteiger charge is 2.18. The van der Waals surface area contributed by atoms with Crippen molar-refractivity contribution in [2.24, 2.45) is 0 Å². The van der Waals surface area contributed by atoms with Gasteiger partial charge in [-0.05, 0) is 17.7 Å². The van der Waals surface area contributed by atoms with E-state index in [2.05, 4.69) is 13.2 Å². The van der Waals surface area contributed by atoms with Gasteiger partial charge in [0, 0.05) is 0 Å². The highest BCUT2D eigenvalue weighted by atomic mass is 16.6. The molecular formula is C12H12N2O2. The van der Waals surface area contributed by atoms with E-state index < -0.39 is 4.92 Å². The maximum atomic E-state index is 10.9. The number of benzene rings is 1. The molecule has 0 heterocycles. The summed E-state index contributed by atoms with van der Waals surface area (Å²) in [7, 11) is 0. The molecule has 0 aliphatic heterocycles. The third kappa shape index (κ3) is 2.17. The minimum Gasteiger partial charge on any atom is -0.393 e. The van der Waals surface area contributed by atoms with Crippen LogP contribution in [-0.2, 0) is 0 Å². The zero-order valence-electron chi connectivity index (χ0n) is 8.72. The lowest BCUT2D eigenvalue weighted by molar-refractivity contribution is -0.384. The smallest absolute Gasteiger partial charge is 0.299 e. The molecule has 0 spiro atoms. The average Bonchev–Trinajstić information content (AvgIpc) is 2.25. The van der Waals surface area contributed by atoms with E-state index in [1.165, 1.54) is 12.1 Å². The maximum Gasteiger partial charge on any atom is 0.299 e. The molecule has 4 heteroatoms. The summed E-state index contributed by atoms with van der Waals surface area (Å²) < 4.78 is 0. The van der Waals surface area contributed by atoms with Gasteiger partial charge >= 0.3 is 0 Å². The summed E-state index contributed by atoms with van der Waals surface area (Å²) in [6, 6.07) is 4.79. The predicted octanol–water partition coefficient (Wildman–Crippen LogP) is 2.93. The van der Waals surface area contributed by atoms with Crippen molar-refractivity contribution in [3.63, 3.8) is 0 Å². The molecule has 0 fully saturated rings. The fraction of sp³-hybridized carbons (Fsp3) is 0. The van der Waals surface area contributed by atoms with Crippen molar-refractivity contribution in [1.82, 2.24) is 0 Å². The Morgan fingerprint density at radius 2 is 2.12 bits per heavy atom. The number of hydrogen-bond acceptors (Lipinski definition) is 3. The number of nitrogens with two attached hydrogens (primary N) is 1. The molecule has 4 nitrogen and oxygen atoms in total. The molecule has 0 aromatic heterocycles. The van der Waals surface area contributed by atoms with Crippen LogP contribution in [0.1, 0.15) is 5.56 Å². The predicted molar refractivity (Wildman–Crippen MR) is 65.9 cm³/mol. The molecule has 0 aliphatic carbocycles. The van der Waals surface area contributed by atoms with Gasteiger partial charge in [-0.15, -0.1) is 0 Å². The Hall–Kier alpha value is -2.36. The molecular weight excluding hydrogens is 204 g/mol. The normalized spacial score (nSPS) is 10.9. The van der Waals surface area contributed by atoms with Crippen molar-refractivity contribution in [2.75, 3.05) is 5.73 Å². The van der Waals surface area contributed by atoms with Crippen molar-refractivity contribution in [3.8, 4) is 0 Å². The number of anilines is 1. The molecule has 0 radical (unpaired) electrons. The molecule has 0 saturated carbocycles. The standard InChI is InChI=1S/C12H12N2O2/c1-3-6-9(4-2)10-7-5-8-11(13)12(10)14(15)16/h3-8H,1-2,13H2/b9-6+. The summed E-state index contributed by atoms with van der Waals surface area (Å²) in [4.78, 5) is 10.4. The summed E-state index contributed by atoms with van der Waals surface area (Å²) in [5, 5.41) is 10.9. The van der Waals surface area contributed by atoms with Crippen molar-refractivity contribution in [3.05, 3.63) is 65.3 Å². The number of para-hydroxylation sites is 1. The van der Waals surface area contributed by atoms with E-state index in [0.29, 0.717) is 11.1 Å². The Labute approximate surface area is 93.5 Å². The van der Waals surface area contributed by atoms with Crippen molar-refractivity contribution >= 4 is 16.9 Å². The molecule has 0 saturated heterocycles. The largest absolute Gasteiger partial charge is 0.393 e. The van der Waals surface area contributed by atoms with Gasteiger partial charge in [0.05, 0.1) is 10.5 Å². The molecule has 0 bridgehead atoms. The molecule has 0 amide bonds. The fourth-order valence-electron chi connectivity index (χ4n) is 1.39. The van der Waals surface area contributed by atoms with E-state index in [9.17, 15) is 10.1 Å². The van der Waals surface area contributed by atoms with Gasteiger partial charge < -0.3 is 5.73 Å². The lowest BCUT2D eigenvalue weighted by atomic mass is 10.0. The van der Waals surface area contributed by atoms with Gasteiger partial charge in [-0.2, -0.15) is 0 Å². The van der Waals surface area contributed by atoms with Crippen LogP contribution < -0.4 is 5.73 Å². The summed E-state index contributed by atoms with van der Waals surface area (Å²) in [5.74, 6) is 0. The van der Waals surface area contributed by atoms with Gasteiger partial charge in [0.2, 0.25) is 0 Å². The van der Waals surface area contributed by atoms with Crippen LogP contribution in [-0.4, -0.2) is 4.92 Å². The number of nitro benzene ring substituents is 1. The van der Waals surface area contributed by atoms with Crippen LogP contribution in [0.2, 0.25) is 0 Å². The number of nitrogens with zero attached hydrogens (tertiary/aromatic N) is 1. The molecule has 16 heavy (non-hydrogen) atoms. The molecule has 0 aliphatic rings. The molecule has 0 unspecified atom stereocenters. The first-order valence-corrected chi connectivity index (χ1v) is 4.60. The average molecular weight is 216 g/mol. The quantitative estimate of drug-likeness (QED) is 0.364. The first kappa shape index (κ1) is 11.7. The van der Waals surface area contributed by atoms with Crippen LogP contribution in [0.25, 0.3) is 5.57 Å². The lowest BCUT2D eigenvalue weighted by Gasteiger charge is -2.05. The topological polar surface area (TPSA) is 69.2 Å². The molecule has 1 aromatic carbocycles. The van der Waals surface area contributed by atoms with E-state index in [1.807, 2.05) is 0 Å². The number of rotatable bonds is 4. The highest BCUT2D eigenvalue weighted by molar-refractivity contribution is 5.84. The molecule has 82 valence electrons. The van der Waals surface area contributed by atoms with Gasteiger partial charge in [0.25, 0.3) is 5.69 Å². The first-order valence-electron chi connectivity index (χ1n) is 4.60. The summed E-state index contributed by atoms with van der Waals surface area (Å²) in [6.07, 6.45) is 4.72. The van der Waals surface area contributed by atoms with Crippen LogP contribution in [0, 0.1) is 10.1 Å². The van der Waals surface area contributed by atoms with Crippen molar-refractivity contribution < 1.29 is 4.92 Å². The Bertz CT molecular complexity index is 476. The fourth-order valence-corrected chi connectivity index (χ4v) is 1.39. The Morgan fingerprint density at radius 1 is 1.44 bits per heavy atom. The van der Waals surface area contributed by atoms with Gasteiger partial charge in [-0.3, -0.25) is 10.1 Å². The van der Waals surface area contributed by atoms with Crippen LogP contribution in [0.5, 0.6) is 0 Å². The second kappa shape index (κ2) is 4.93. The van der Waals surface area contributed by atoms with Crippen LogP contribution in [0.15, 0.2) is 49.6 Å². The van der Waals surface area contributed by atoms with E-state index in [0.717, 1.165) is 0 Å². The number of hydrogen-bond donors (Lipinski definition) is 1. The summed E-state index contributed by atoms with van der Waals surface area (Å²) >= 11 is 0. The summed E-state index contributed by atoms with van der Waals surface area (Å²) in [6.45, 7) is 7.15. The highest BCUT2D eigenvalue weighted by Crippen LogP contribution is 2.31. The molecule has 2 N–H and O–H groups in total. The van der Waals surface area contributed by atoms with Gasteiger partial charge in [0.1, 0.15) is 5.69 Å². The number of allylic oxidation sites excluding steroid dienone is 4. The minimum atomic E-state index is -0.495. The zero-order valence-corrected chi connectivity index (χ0v) is 8.72. The minimum absolute atomic E-state index is 0.101. The van der Waals surface area contributed by atoms with E-state index >= 15 is 0 Å². The first-order chi connectivity index (χ1) is 7.61. The Morgan fingerprint density at radius 3 is 2.62 bits per heavy atom. The van der Waals surface area contributed by atoms with E-state index in [4.69, 9.17) is 5.73 Å². The van der Waals surface area contributed by atoms with Crippen LogP contribution in [0.4, 0.5) is 11.4 Å². The third-order valence-corrected chi connectivity index (χ3v) is 2.08. The Kier molecular flexibility index (Phi) is 3.61. The molecule has 1 rings (SSSR count). The second-order valence-electron chi connectivity index (χ2n) is 3.06. The van der Waals surface area contributed by atoms with Crippen molar-refractivity contribution in [1.29, 1.82) is 0 Å². The number of nitro groups is 1. The van der Waals surface area contributed by atoms with Crippen LogP contribution in [0.3, 0.4) is 0 Å². The van der Waals surface area contributed by atoms with Gasteiger partial charge in [-0.1, -0.05) is 37.5 Å². The van der Waals surface area contributed by atoms with Gasteiger partial charge in [-0.25, -0.2) is 0 Å². The SMILES string of the molecule is C=C/C=C(\C=C)c1cccc(N)c1[N+](=O)[O-]. The maximum absolute atomic E-state index is 10.9. The number of nitrogen functional groups attached to an aromatic ring is 1. The molecule has 1 aromatic rings. The Balaban J connectivity index is 3.49. The van der Waals surface area contributed by atoms with Crippen LogP contribution >= 0.6 is 0 Å². The summed E-state index contributed by atoms with van der Waals surface area (Å²) in [5.41, 5.74) is 6.68. The van der Waals surface area contributed by atoms with Crippen molar-refractivity contribution in [2.45, 2.75) is 0 Å². The molecule has 0 atom stereocenters. The monoisotopic (exact) mass is 216 g/mol. The van der Waals surface area contributed by atoms with E-state index in [-0.39, 0.29) is 11.4 Å². The lowest BCUT2D eigenvalue weighted by Crippen LogP contribution is -1.99.